The molecule has 2 heterocycles. The van der Waals surface area contributed by atoms with Gasteiger partial charge in [-0.1, -0.05) is 0 Å². The molecular weight excluding hydrogens is 252 g/mol. The van der Waals surface area contributed by atoms with Gasteiger partial charge in [0.25, 0.3) is 0 Å². The first kappa shape index (κ1) is 13.5. The van der Waals surface area contributed by atoms with E-state index in [-0.39, 0.29) is 0 Å². The summed E-state index contributed by atoms with van der Waals surface area (Å²) < 4.78 is 0. The van der Waals surface area contributed by atoms with Gasteiger partial charge in [-0.25, -0.2) is 0 Å². The molecule has 9 heteroatoms. The fraction of sp³-hybridized carbons (Fsp3) is 0.500. The summed E-state index contributed by atoms with van der Waals surface area (Å²) in [6, 6.07) is 0. The summed E-state index contributed by atoms with van der Waals surface area (Å²) in [5.41, 5.74) is -0.756. The van der Waals surface area contributed by atoms with Crippen molar-refractivity contribution >= 4 is 22.8 Å². The summed E-state index contributed by atoms with van der Waals surface area (Å²) >= 11 is 0. The van der Waals surface area contributed by atoms with Crippen molar-refractivity contribution in [3.05, 3.63) is 6.20 Å². The van der Waals surface area contributed by atoms with Gasteiger partial charge < -0.3 is 26.0 Å². The van der Waals surface area contributed by atoms with Crippen molar-refractivity contribution in [1.82, 2.24) is 20.2 Å². The average Bonchev–Trinajstić information content (AvgIpc) is 2.93. The number of hydrogen-bond acceptors (Lipinski definition) is 8. The molecule has 104 valence electrons. The van der Waals surface area contributed by atoms with Crippen LogP contribution >= 0.6 is 0 Å². The summed E-state index contributed by atoms with van der Waals surface area (Å²) in [5, 5.41) is 40.8. The highest BCUT2D eigenvalue weighted by Crippen LogP contribution is 2.23. The van der Waals surface area contributed by atoms with Gasteiger partial charge in [0.05, 0.1) is 31.4 Å². The van der Waals surface area contributed by atoms with Crippen LogP contribution in [0.1, 0.15) is 0 Å². The second kappa shape index (κ2) is 5.34. The van der Waals surface area contributed by atoms with E-state index in [1.54, 1.807) is 7.05 Å². The van der Waals surface area contributed by atoms with Gasteiger partial charge in [0.1, 0.15) is 11.4 Å². The smallest absolute Gasteiger partial charge is 0.226 e. The van der Waals surface area contributed by atoms with Gasteiger partial charge in [-0.15, -0.1) is 0 Å². The fourth-order valence-electron chi connectivity index (χ4n) is 1.56. The highest BCUT2D eigenvalue weighted by atomic mass is 16.3. The van der Waals surface area contributed by atoms with Crippen LogP contribution in [0.15, 0.2) is 6.20 Å². The standard InChI is InChI=1S/C10H16N6O3/c1-11-9-13-7(6-2-12-16-8(6)14-9)15-10(3-17,4-18)5-19/h2,17-19H,3-5H2,1H3,(H3,11,12,13,14,15,16). The normalized spacial score (nSPS) is 11.8. The molecule has 0 aliphatic heterocycles. The molecule has 2 rings (SSSR count). The number of rotatable bonds is 6. The molecule has 9 nitrogen and oxygen atoms in total. The molecule has 0 spiro atoms. The number of nitrogens with zero attached hydrogens (tertiary/aromatic N) is 3. The minimum absolute atomic E-state index is 0.349. The zero-order valence-electron chi connectivity index (χ0n) is 10.4. The Bertz CT molecular complexity index is 545. The van der Waals surface area contributed by atoms with Crippen LogP contribution in [-0.4, -0.2) is 67.9 Å². The molecule has 0 aromatic carbocycles. The maximum atomic E-state index is 9.32. The maximum Gasteiger partial charge on any atom is 0.226 e. The Morgan fingerprint density at radius 1 is 1.21 bits per heavy atom. The highest BCUT2D eigenvalue weighted by Gasteiger charge is 2.29. The van der Waals surface area contributed by atoms with Crippen molar-refractivity contribution in [1.29, 1.82) is 0 Å². The lowest BCUT2D eigenvalue weighted by atomic mass is 10.0. The summed E-state index contributed by atoms with van der Waals surface area (Å²) in [6.07, 6.45) is 1.52. The number of hydrogen-bond donors (Lipinski definition) is 6. The number of fused-ring (bicyclic) bond motifs is 1. The molecule has 6 N–H and O–H groups in total. The van der Waals surface area contributed by atoms with Gasteiger partial charge >= 0.3 is 0 Å². The number of aliphatic hydroxyl groups is 3. The molecule has 0 saturated heterocycles. The van der Waals surface area contributed by atoms with E-state index in [1.807, 2.05) is 0 Å². The molecular formula is C10H16N6O3. The van der Waals surface area contributed by atoms with E-state index in [9.17, 15) is 15.3 Å². The monoisotopic (exact) mass is 268 g/mol. The van der Waals surface area contributed by atoms with E-state index in [1.165, 1.54) is 6.20 Å². The SMILES string of the molecule is CNc1nc(NC(CO)(CO)CO)c2cn[nH]c2n1. The predicted octanol–water partition coefficient (Wildman–Crippen LogP) is -1.48. The summed E-state index contributed by atoms with van der Waals surface area (Å²) in [7, 11) is 1.67. The lowest BCUT2D eigenvalue weighted by Gasteiger charge is -2.29. The number of nitrogens with one attached hydrogen (secondary N) is 3. The average molecular weight is 268 g/mol. The largest absolute Gasteiger partial charge is 0.394 e. The van der Waals surface area contributed by atoms with Gasteiger partial charge in [-0.3, -0.25) is 5.10 Å². The van der Waals surface area contributed by atoms with Gasteiger partial charge in [0.2, 0.25) is 5.95 Å². The first-order valence-corrected chi connectivity index (χ1v) is 5.67. The van der Waals surface area contributed by atoms with E-state index in [2.05, 4.69) is 30.8 Å². The lowest BCUT2D eigenvalue weighted by molar-refractivity contribution is 0.0832. The van der Waals surface area contributed by atoms with Crippen molar-refractivity contribution in [2.45, 2.75) is 5.54 Å². The maximum absolute atomic E-state index is 9.32. The Kier molecular flexibility index (Phi) is 3.79. The topological polar surface area (TPSA) is 139 Å². The van der Waals surface area contributed by atoms with E-state index >= 15 is 0 Å². The summed E-state index contributed by atoms with van der Waals surface area (Å²) in [6.45, 7) is -1.34. The lowest BCUT2D eigenvalue weighted by Crippen LogP contribution is -2.49. The molecule has 0 unspecified atom stereocenters. The Labute approximate surface area is 108 Å². The fourth-order valence-corrected chi connectivity index (χ4v) is 1.56. The minimum atomic E-state index is -1.26. The van der Waals surface area contributed by atoms with E-state index in [4.69, 9.17) is 0 Å². The highest BCUT2D eigenvalue weighted by molar-refractivity contribution is 5.87. The number of aromatic nitrogens is 4. The molecule has 0 saturated carbocycles. The predicted molar refractivity (Wildman–Crippen MR) is 68.8 cm³/mol. The van der Waals surface area contributed by atoms with Gasteiger partial charge in [-0.05, 0) is 0 Å². The molecule has 0 fully saturated rings. The molecule has 0 aliphatic rings. The first-order chi connectivity index (χ1) is 9.18. The van der Waals surface area contributed by atoms with Crippen LogP contribution in [0, 0.1) is 0 Å². The Balaban J connectivity index is 2.46. The quantitative estimate of drug-likeness (QED) is 0.373. The van der Waals surface area contributed by atoms with E-state index in [0.29, 0.717) is 22.8 Å². The van der Waals surface area contributed by atoms with E-state index in [0.717, 1.165) is 0 Å². The van der Waals surface area contributed by atoms with E-state index < -0.39 is 25.4 Å². The van der Waals surface area contributed by atoms with Crippen LogP contribution in [0.2, 0.25) is 0 Å². The number of aliphatic hydroxyl groups excluding tert-OH is 3. The van der Waals surface area contributed by atoms with Crippen molar-refractivity contribution in [3.8, 4) is 0 Å². The summed E-state index contributed by atoms with van der Waals surface area (Å²) in [4.78, 5) is 8.35. The summed E-state index contributed by atoms with van der Waals surface area (Å²) in [5.74, 6) is 0.710. The number of aromatic amines is 1. The first-order valence-electron chi connectivity index (χ1n) is 5.67. The van der Waals surface area contributed by atoms with Crippen LogP contribution in [0.5, 0.6) is 0 Å². The third-order valence-electron chi connectivity index (χ3n) is 2.82. The van der Waals surface area contributed by atoms with Crippen molar-refractivity contribution < 1.29 is 15.3 Å². The van der Waals surface area contributed by atoms with Crippen LogP contribution in [0.3, 0.4) is 0 Å². The van der Waals surface area contributed by atoms with Gasteiger partial charge in [-0.2, -0.15) is 15.1 Å². The Hall–Kier alpha value is -1.97. The Morgan fingerprint density at radius 3 is 2.47 bits per heavy atom. The second-order valence-corrected chi connectivity index (χ2v) is 4.16. The Morgan fingerprint density at radius 2 is 1.89 bits per heavy atom. The molecule has 0 bridgehead atoms. The molecule has 0 aliphatic carbocycles. The molecule has 19 heavy (non-hydrogen) atoms. The molecule has 0 radical (unpaired) electrons. The third-order valence-corrected chi connectivity index (χ3v) is 2.82. The van der Waals surface area contributed by atoms with Crippen LogP contribution < -0.4 is 10.6 Å². The van der Waals surface area contributed by atoms with Gasteiger partial charge in [0, 0.05) is 7.05 Å². The van der Waals surface area contributed by atoms with Gasteiger partial charge in [0.15, 0.2) is 5.65 Å². The van der Waals surface area contributed by atoms with Crippen molar-refractivity contribution in [3.63, 3.8) is 0 Å². The minimum Gasteiger partial charge on any atom is -0.394 e. The molecule has 2 aromatic heterocycles. The zero-order valence-corrected chi connectivity index (χ0v) is 10.4. The second-order valence-electron chi connectivity index (χ2n) is 4.16. The van der Waals surface area contributed by atoms with Crippen LogP contribution in [0.25, 0.3) is 11.0 Å². The molecule has 2 aromatic rings. The van der Waals surface area contributed by atoms with Crippen molar-refractivity contribution in [2.75, 3.05) is 37.5 Å². The third kappa shape index (κ3) is 2.43. The van der Waals surface area contributed by atoms with Crippen LogP contribution in [0.4, 0.5) is 11.8 Å². The van der Waals surface area contributed by atoms with Crippen LogP contribution in [-0.2, 0) is 0 Å². The zero-order chi connectivity index (χ0) is 13.9. The number of anilines is 2. The molecule has 0 atom stereocenters. The number of H-pyrrole nitrogens is 1. The van der Waals surface area contributed by atoms with Crippen molar-refractivity contribution in [2.24, 2.45) is 0 Å². The molecule has 0 amide bonds.